The molecule has 0 bridgehead atoms. The van der Waals surface area contributed by atoms with Crippen LogP contribution in [-0.4, -0.2) is 9.97 Å². The number of para-hydroxylation sites is 1. The first kappa shape index (κ1) is 14.6. The number of rotatable bonds is 3. The molecule has 0 saturated carbocycles. The molecule has 0 aliphatic heterocycles. The van der Waals surface area contributed by atoms with E-state index in [9.17, 15) is 0 Å². The molecule has 1 atom stereocenters. The van der Waals surface area contributed by atoms with Gasteiger partial charge in [0.15, 0.2) is 5.82 Å². The van der Waals surface area contributed by atoms with Crippen LogP contribution in [0, 0.1) is 0 Å². The number of anilines is 1. The number of nitrogens with zero attached hydrogens (tertiary/aromatic N) is 2. The van der Waals surface area contributed by atoms with Gasteiger partial charge in [0.1, 0.15) is 5.52 Å². The number of nitrogen functional groups attached to an aromatic ring is 1. The van der Waals surface area contributed by atoms with Gasteiger partial charge in [0, 0.05) is 17.0 Å². The highest BCUT2D eigenvalue weighted by Crippen LogP contribution is 2.29. The lowest BCUT2D eigenvalue weighted by molar-refractivity contribution is 0.757. The quantitative estimate of drug-likeness (QED) is 0.557. The van der Waals surface area contributed by atoms with E-state index in [0.29, 0.717) is 11.7 Å². The fraction of sp³-hybridized carbons (Fsp3) is 0.143. The van der Waals surface area contributed by atoms with Crippen LogP contribution in [0.3, 0.4) is 0 Å². The zero-order chi connectivity index (χ0) is 16.5. The second-order valence-corrected chi connectivity index (χ2v) is 6.27. The fourth-order valence-electron chi connectivity index (χ4n) is 3.23. The van der Waals surface area contributed by atoms with Gasteiger partial charge in [0.05, 0.1) is 5.52 Å². The molecule has 4 aromatic rings. The summed E-state index contributed by atoms with van der Waals surface area (Å²) in [5.74, 6) is 0.878. The van der Waals surface area contributed by atoms with Gasteiger partial charge in [-0.05, 0) is 35.6 Å². The minimum Gasteiger partial charge on any atom is -0.382 e. The first-order valence-corrected chi connectivity index (χ1v) is 8.20. The molecule has 0 spiro atoms. The van der Waals surface area contributed by atoms with Crippen LogP contribution in [0.2, 0.25) is 0 Å². The summed E-state index contributed by atoms with van der Waals surface area (Å²) in [7, 11) is 0. The van der Waals surface area contributed by atoms with Gasteiger partial charge in [-0.15, -0.1) is 0 Å². The Morgan fingerprint density at radius 2 is 1.71 bits per heavy atom. The molecule has 3 heteroatoms. The van der Waals surface area contributed by atoms with Gasteiger partial charge in [-0.2, -0.15) is 0 Å². The summed E-state index contributed by atoms with van der Waals surface area (Å²) in [6, 6.07) is 20.9. The van der Waals surface area contributed by atoms with Gasteiger partial charge < -0.3 is 5.73 Å². The summed E-state index contributed by atoms with van der Waals surface area (Å²) in [5.41, 5.74) is 10.4. The summed E-state index contributed by atoms with van der Waals surface area (Å²) < 4.78 is 0. The molecule has 24 heavy (non-hydrogen) atoms. The third-order valence-corrected chi connectivity index (χ3v) is 4.54. The zero-order valence-electron chi connectivity index (χ0n) is 13.6. The zero-order valence-corrected chi connectivity index (χ0v) is 13.6. The van der Waals surface area contributed by atoms with Crippen molar-refractivity contribution in [3.8, 4) is 0 Å². The predicted octanol–water partition coefficient (Wildman–Crippen LogP) is 4.71. The Labute approximate surface area is 141 Å². The van der Waals surface area contributed by atoms with E-state index in [1.54, 1.807) is 0 Å². The summed E-state index contributed by atoms with van der Waals surface area (Å²) in [6.45, 7) is 2.24. The average Bonchev–Trinajstić information content (AvgIpc) is 2.62. The predicted molar refractivity (Wildman–Crippen MR) is 100 cm³/mol. The molecule has 0 fully saturated rings. The molecule has 0 radical (unpaired) electrons. The van der Waals surface area contributed by atoms with E-state index in [-0.39, 0.29) is 0 Å². The van der Waals surface area contributed by atoms with E-state index in [2.05, 4.69) is 53.3 Å². The lowest BCUT2D eigenvalue weighted by Gasteiger charge is -2.14. The van der Waals surface area contributed by atoms with Crippen LogP contribution in [0.25, 0.3) is 21.8 Å². The molecule has 2 heterocycles. The van der Waals surface area contributed by atoms with Gasteiger partial charge in [0.2, 0.25) is 0 Å². The maximum Gasteiger partial charge on any atom is 0.150 e. The van der Waals surface area contributed by atoms with Crippen molar-refractivity contribution in [2.45, 2.75) is 19.3 Å². The van der Waals surface area contributed by atoms with E-state index in [0.717, 1.165) is 28.2 Å². The number of hydrogen-bond acceptors (Lipinski definition) is 3. The van der Waals surface area contributed by atoms with Crippen molar-refractivity contribution < 1.29 is 0 Å². The Morgan fingerprint density at radius 3 is 2.54 bits per heavy atom. The van der Waals surface area contributed by atoms with E-state index < -0.39 is 0 Å². The summed E-state index contributed by atoms with van der Waals surface area (Å²) in [5, 5.41) is 2.18. The molecule has 0 amide bonds. The summed E-state index contributed by atoms with van der Waals surface area (Å²) in [6.07, 6.45) is 2.93. The van der Waals surface area contributed by atoms with Crippen molar-refractivity contribution >= 4 is 27.6 Å². The number of hydrogen-bond donors (Lipinski definition) is 1. The standard InChI is InChI=1S/C21H19N3/c1-14(11-15-7-3-2-4-8-15)16-12-18-17-9-5-6-10-19(17)24-21(22)20(18)23-13-16/h2-10,12-14H,11H2,1H3,(H2,22,24). The van der Waals surface area contributed by atoms with E-state index >= 15 is 0 Å². The van der Waals surface area contributed by atoms with Crippen LogP contribution in [0.4, 0.5) is 5.82 Å². The average molecular weight is 313 g/mol. The molecule has 0 saturated heterocycles. The molecule has 0 aliphatic carbocycles. The highest BCUT2D eigenvalue weighted by atomic mass is 14.9. The first-order chi connectivity index (χ1) is 11.7. The lowest BCUT2D eigenvalue weighted by Crippen LogP contribution is -2.01. The molecular formula is C21H19N3. The third-order valence-electron chi connectivity index (χ3n) is 4.54. The molecule has 118 valence electrons. The van der Waals surface area contributed by atoms with E-state index in [1.807, 2.05) is 30.5 Å². The van der Waals surface area contributed by atoms with Crippen molar-refractivity contribution in [3.05, 3.63) is 78.0 Å². The van der Waals surface area contributed by atoms with Crippen LogP contribution in [0.5, 0.6) is 0 Å². The molecule has 2 aromatic carbocycles. The monoisotopic (exact) mass is 313 g/mol. The number of aromatic nitrogens is 2. The summed E-state index contributed by atoms with van der Waals surface area (Å²) >= 11 is 0. The highest BCUT2D eigenvalue weighted by molar-refractivity contribution is 6.08. The van der Waals surface area contributed by atoms with E-state index in [4.69, 9.17) is 5.73 Å². The Morgan fingerprint density at radius 1 is 0.958 bits per heavy atom. The Kier molecular flexibility index (Phi) is 3.62. The SMILES string of the molecule is CC(Cc1ccccc1)c1cnc2c(N)nc3ccccc3c2c1. The van der Waals surface area contributed by atoms with Crippen molar-refractivity contribution in [1.82, 2.24) is 9.97 Å². The number of benzene rings is 2. The second kappa shape index (κ2) is 5.93. The van der Waals surface area contributed by atoms with Gasteiger partial charge in [-0.3, -0.25) is 4.98 Å². The van der Waals surface area contributed by atoms with Gasteiger partial charge in [-0.25, -0.2) is 4.98 Å². The Balaban J connectivity index is 1.81. The van der Waals surface area contributed by atoms with Crippen LogP contribution in [-0.2, 0) is 6.42 Å². The van der Waals surface area contributed by atoms with Crippen LogP contribution >= 0.6 is 0 Å². The fourth-order valence-corrected chi connectivity index (χ4v) is 3.23. The van der Waals surface area contributed by atoms with Gasteiger partial charge in [-0.1, -0.05) is 55.5 Å². The molecule has 0 aliphatic rings. The maximum atomic E-state index is 6.10. The summed E-state index contributed by atoms with van der Waals surface area (Å²) in [4.78, 5) is 9.07. The Hall–Kier alpha value is -2.94. The number of fused-ring (bicyclic) bond motifs is 3. The second-order valence-electron chi connectivity index (χ2n) is 6.27. The van der Waals surface area contributed by atoms with E-state index in [1.165, 1.54) is 11.1 Å². The molecule has 4 rings (SSSR count). The lowest BCUT2D eigenvalue weighted by atomic mass is 9.93. The van der Waals surface area contributed by atoms with Crippen molar-refractivity contribution in [2.75, 3.05) is 5.73 Å². The topological polar surface area (TPSA) is 51.8 Å². The smallest absolute Gasteiger partial charge is 0.150 e. The van der Waals surface area contributed by atoms with Gasteiger partial charge in [0.25, 0.3) is 0 Å². The number of pyridine rings is 2. The normalized spacial score (nSPS) is 12.5. The Bertz CT molecular complexity index is 1010. The highest BCUT2D eigenvalue weighted by Gasteiger charge is 2.12. The first-order valence-electron chi connectivity index (χ1n) is 8.20. The third kappa shape index (κ3) is 2.58. The minimum absolute atomic E-state index is 0.387. The minimum atomic E-state index is 0.387. The van der Waals surface area contributed by atoms with Crippen molar-refractivity contribution in [1.29, 1.82) is 0 Å². The van der Waals surface area contributed by atoms with Crippen LogP contribution in [0.1, 0.15) is 24.0 Å². The van der Waals surface area contributed by atoms with Crippen molar-refractivity contribution in [3.63, 3.8) is 0 Å². The molecular weight excluding hydrogens is 294 g/mol. The molecule has 2 aromatic heterocycles. The van der Waals surface area contributed by atoms with Gasteiger partial charge >= 0.3 is 0 Å². The number of nitrogens with two attached hydrogens (primary N) is 1. The van der Waals surface area contributed by atoms with Crippen LogP contribution in [0.15, 0.2) is 66.9 Å². The van der Waals surface area contributed by atoms with Crippen molar-refractivity contribution in [2.24, 2.45) is 0 Å². The molecule has 3 nitrogen and oxygen atoms in total. The largest absolute Gasteiger partial charge is 0.382 e. The maximum absolute atomic E-state index is 6.10. The molecule has 2 N–H and O–H groups in total. The van der Waals surface area contributed by atoms with Crippen LogP contribution < -0.4 is 5.73 Å². The molecule has 1 unspecified atom stereocenters.